The van der Waals surface area contributed by atoms with Crippen molar-refractivity contribution >= 4 is 27.2 Å². The summed E-state index contributed by atoms with van der Waals surface area (Å²) in [6.07, 6.45) is 0. The lowest BCUT2D eigenvalue weighted by atomic mass is 9.94. The summed E-state index contributed by atoms with van der Waals surface area (Å²) in [5.74, 6) is 0. The Kier molecular flexibility index (Phi) is 4.15. The molecule has 0 heterocycles. The highest BCUT2D eigenvalue weighted by Gasteiger charge is 2.14. The highest BCUT2D eigenvalue weighted by Crippen LogP contribution is 2.38. The van der Waals surface area contributed by atoms with Crippen molar-refractivity contribution in [2.45, 2.75) is 13.8 Å². The van der Waals surface area contributed by atoms with Gasteiger partial charge in [0.05, 0.1) is 0 Å². The Morgan fingerprint density at radius 2 is 1.20 bits per heavy atom. The van der Waals surface area contributed by atoms with E-state index in [2.05, 4.69) is 97.6 Å². The van der Waals surface area contributed by atoms with Gasteiger partial charge in [0.15, 0.2) is 0 Å². The van der Waals surface area contributed by atoms with Crippen LogP contribution < -0.4 is 4.90 Å². The lowest BCUT2D eigenvalue weighted by molar-refractivity contribution is 0.868. The number of benzene rings is 4. The molecule has 4 aromatic carbocycles. The highest BCUT2D eigenvalue weighted by atomic mass is 15.1. The number of nitrogens with zero attached hydrogens (tertiary/aromatic N) is 1. The van der Waals surface area contributed by atoms with Crippen LogP contribution in [0.4, 0.5) is 5.69 Å². The van der Waals surface area contributed by atoms with E-state index in [4.69, 9.17) is 0 Å². The zero-order chi connectivity index (χ0) is 17.2. The third-order valence-corrected chi connectivity index (χ3v) is 5.05. The van der Waals surface area contributed by atoms with E-state index in [9.17, 15) is 0 Å². The fourth-order valence-corrected chi connectivity index (χ4v) is 3.73. The summed E-state index contributed by atoms with van der Waals surface area (Å²) in [7, 11) is 0. The summed E-state index contributed by atoms with van der Waals surface area (Å²) < 4.78 is 0. The quantitative estimate of drug-likeness (QED) is 0.413. The third kappa shape index (κ3) is 2.76. The summed E-state index contributed by atoms with van der Waals surface area (Å²) in [6.45, 7) is 6.47. The molecule has 0 spiro atoms. The van der Waals surface area contributed by atoms with Crippen molar-refractivity contribution in [3.63, 3.8) is 0 Å². The fourth-order valence-electron chi connectivity index (χ4n) is 3.73. The largest absolute Gasteiger partial charge is 0.372 e. The Labute approximate surface area is 149 Å². The van der Waals surface area contributed by atoms with Crippen molar-refractivity contribution in [2.75, 3.05) is 18.0 Å². The first-order valence-electron chi connectivity index (χ1n) is 9.07. The maximum atomic E-state index is 2.45. The van der Waals surface area contributed by atoms with E-state index in [0.717, 1.165) is 13.1 Å². The monoisotopic (exact) mass is 325 g/mol. The first-order valence-corrected chi connectivity index (χ1v) is 9.07. The van der Waals surface area contributed by atoms with Gasteiger partial charge in [0, 0.05) is 24.3 Å². The normalized spacial score (nSPS) is 11.1. The molecule has 0 N–H and O–H groups in total. The Hall–Kier alpha value is -2.80. The standard InChI is InChI=1S/C24H23N/c1-3-25(4-2)24-17-20-12-6-5-11-19(20)16-23(24)22-15-9-13-18-10-7-8-14-21(18)22/h5-17H,3-4H2,1-2H3. The number of anilines is 1. The number of hydrogen-bond acceptors (Lipinski definition) is 1. The number of rotatable bonds is 4. The summed E-state index contributed by atoms with van der Waals surface area (Å²) in [4.78, 5) is 2.45. The minimum absolute atomic E-state index is 1.01. The molecular formula is C24H23N. The van der Waals surface area contributed by atoms with Crippen molar-refractivity contribution < 1.29 is 0 Å². The number of fused-ring (bicyclic) bond motifs is 2. The van der Waals surface area contributed by atoms with Gasteiger partial charge in [-0.15, -0.1) is 0 Å². The second-order valence-corrected chi connectivity index (χ2v) is 6.42. The van der Waals surface area contributed by atoms with Crippen LogP contribution in [-0.4, -0.2) is 13.1 Å². The molecule has 0 saturated carbocycles. The average molecular weight is 325 g/mol. The third-order valence-electron chi connectivity index (χ3n) is 5.05. The molecule has 0 atom stereocenters. The van der Waals surface area contributed by atoms with Gasteiger partial charge in [0.1, 0.15) is 0 Å². The van der Waals surface area contributed by atoms with Gasteiger partial charge in [-0.3, -0.25) is 0 Å². The van der Waals surface area contributed by atoms with Gasteiger partial charge < -0.3 is 4.90 Å². The van der Waals surface area contributed by atoms with Crippen LogP contribution in [0.5, 0.6) is 0 Å². The van der Waals surface area contributed by atoms with Crippen LogP contribution >= 0.6 is 0 Å². The van der Waals surface area contributed by atoms with E-state index in [1.165, 1.54) is 38.4 Å². The highest BCUT2D eigenvalue weighted by molar-refractivity contribution is 6.03. The summed E-state index contributed by atoms with van der Waals surface area (Å²) in [5, 5.41) is 5.20. The minimum Gasteiger partial charge on any atom is -0.372 e. The smallest absolute Gasteiger partial charge is 0.0452 e. The zero-order valence-electron chi connectivity index (χ0n) is 14.9. The van der Waals surface area contributed by atoms with Gasteiger partial charge in [-0.1, -0.05) is 66.7 Å². The molecule has 0 aliphatic rings. The number of hydrogen-bond donors (Lipinski definition) is 0. The van der Waals surface area contributed by atoms with E-state index < -0.39 is 0 Å². The van der Waals surface area contributed by atoms with Crippen LogP contribution in [-0.2, 0) is 0 Å². The molecule has 0 aliphatic carbocycles. The molecule has 0 radical (unpaired) electrons. The topological polar surface area (TPSA) is 3.24 Å². The Balaban J connectivity index is 2.06. The van der Waals surface area contributed by atoms with Crippen molar-refractivity contribution in [1.29, 1.82) is 0 Å². The molecule has 0 bridgehead atoms. The summed E-state index contributed by atoms with van der Waals surface area (Å²) in [5.41, 5.74) is 3.95. The van der Waals surface area contributed by atoms with Gasteiger partial charge in [-0.05, 0) is 53.1 Å². The fraction of sp³-hybridized carbons (Fsp3) is 0.167. The molecule has 0 aliphatic heterocycles. The van der Waals surface area contributed by atoms with Gasteiger partial charge >= 0.3 is 0 Å². The lowest BCUT2D eigenvalue weighted by Gasteiger charge is -2.25. The van der Waals surface area contributed by atoms with Crippen molar-refractivity contribution in [3.8, 4) is 11.1 Å². The molecule has 1 heteroatoms. The van der Waals surface area contributed by atoms with Gasteiger partial charge in [0.25, 0.3) is 0 Å². The lowest BCUT2D eigenvalue weighted by Crippen LogP contribution is -2.22. The van der Waals surface area contributed by atoms with Gasteiger partial charge in [0.2, 0.25) is 0 Å². The van der Waals surface area contributed by atoms with Crippen LogP contribution in [0, 0.1) is 0 Å². The Bertz CT molecular complexity index is 1020. The van der Waals surface area contributed by atoms with E-state index in [1.807, 2.05) is 0 Å². The molecule has 1 nitrogen and oxygen atoms in total. The van der Waals surface area contributed by atoms with E-state index >= 15 is 0 Å². The van der Waals surface area contributed by atoms with Crippen LogP contribution in [0.25, 0.3) is 32.7 Å². The van der Waals surface area contributed by atoms with Crippen LogP contribution in [0.3, 0.4) is 0 Å². The predicted molar refractivity (Wildman–Crippen MR) is 110 cm³/mol. The Morgan fingerprint density at radius 3 is 1.92 bits per heavy atom. The first kappa shape index (κ1) is 15.7. The van der Waals surface area contributed by atoms with Crippen molar-refractivity contribution in [1.82, 2.24) is 0 Å². The maximum Gasteiger partial charge on any atom is 0.0452 e. The second kappa shape index (κ2) is 6.60. The van der Waals surface area contributed by atoms with E-state index in [-0.39, 0.29) is 0 Å². The van der Waals surface area contributed by atoms with Gasteiger partial charge in [-0.25, -0.2) is 0 Å². The van der Waals surface area contributed by atoms with E-state index in [1.54, 1.807) is 0 Å². The van der Waals surface area contributed by atoms with Crippen molar-refractivity contribution in [2.24, 2.45) is 0 Å². The molecule has 25 heavy (non-hydrogen) atoms. The molecule has 4 rings (SSSR count). The minimum atomic E-state index is 1.01. The SMILES string of the molecule is CCN(CC)c1cc2ccccc2cc1-c1cccc2ccccc12. The summed E-state index contributed by atoms with van der Waals surface area (Å²) >= 11 is 0. The molecule has 124 valence electrons. The van der Waals surface area contributed by atoms with Crippen LogP contribution in [0.15, 0.2) is 78.9 Å². The average Bonchev–Trinajstić information content (AvgIpc) is 2.68. The van der Waals surface area contributed by atoms with Gasteiger partial charge in [-0.2, -0.15) is 0 Å². The summed E-state index contributed by atoms with van der Waals surface area (Å²) in [6, 6.07) is 28.6. The molecule has 4 aromatic rings. The zero-order valence-corrected chi connectivity index (χ0v) is 14.9. The molecule has 0 aromatic heterocycles. The first-order chi connectivity index (χ1) is 12.3. The molecular weight excluding hydrogens is 302 g/mol. The molecule has 0 amide bonds. The predicted octanol–water partition coefficient (Wildman–Crippen LogP) is 6.51. The Morgan fingerprint density at radius 1 is 0.600 bits per heavy atom. The van der Waals surface area contributed by atoms with Crippen molar-refractivity contribution in [3.05, 3.63) is 78.9 Å². The van der Waals surface area contributed by atoms with Crippen LogP contribution in [0.1, 0.15) is 13.8 Å². The molecule has 0 fully saturated rings. The second-order valence-electron chi connectivity index (χ2n) is 6.42. The van der Waals surface area contributed by atoms with E-state index in [0.29, 0.717) is 0 Å². The van der Waals surface area contributed by atoms with Crippen LogP contribution in [0.2, 0.25) is 0 Å². The molecule has 0 saturated heterocycles. The molecule has 0 unspecified atom stereocenters. The maximum absolute atomic E-state index is 2.45.